The lowest BCUT2D eigenvalue weighted by molar-refractivity contribution is 0.322. The predicted molar refractivity (Wildman–Crippen MR) is 75.2 cm³/mol. The van der Waals surface area contributed by atoms with Crippen molar-refractivity contribution in [1.82, 2.24) is 13.9 Å². The average Bonchev–Trinajstić information content (AvgIpc) is 2.91. The van der Waals surface area contributed by atoms with Crippen LogP contribution in [0.4, 0.5) is 0 Å². The molecule has 1 atom stereocenters. The van der Waals surface area contributed by atoms with Crippen LogP contribution in [-0.4, -0.2) is 56.3 Å². The number of rotatable bonds is 4. The zero-order valence-corrected chi connectivity index (χ0v) is 12.8. The molecule has 7 heteroatoms. The van der Waals surface area contributed by atoms with Crippen molar-refractivity contribution in [1.29, 1.82) is 0 Å². The lowest BCUT2D eigenvalue weighted by Gasteiger charge is -2.27. The summed E-state index contributed by atoms with van der Waals surface area (Å²) in [6.07, 6.45) is 2.11. The summed E-state index contributed by atoms with van der Waals surface area (Å²) in [5.41, 5.74) is 0.209. The Labute approximate surface area is 116 Å². The summed E-state index contributed by atoms with van der Waals surface area (Å²) in [7, 11) is -3.23. The van der Waals surface area contributed by atoms with Crippen molar-refractivity contribution in [2.45, 2.75) is 26.7 Å². The number of nitrogens with zero attached hydrogens (tertiary/aromatic N) is 2. The third kappa shape index (κ3) is 2.82. The van der Waals surface area contributed by atoms with Gasteiger partial charge in [-0.15, -0.1) is 12.4 Å². The molecule has 0 aromatic carbocycles. The van der Waals surface area contributed by atoms with Crippen LogP contribution in [0.15, 0.2) is 0 Å². The number of halogens is 1. The van der Waals surface area contributed by atoms with Gasteiger partial charge < -0.3 is 5.32 Å². The first kappa shape index (κ1) is 16.2. The van der Waals surface area contributed by atoms with E-state index in [0.29, 0.717) is 26.2 Å². The SMILES string of the molecule is CCN(CC)S(=O)(=O)N1CCC2(CCNC2)C1.Cl. The van der Waals surface area contributed by atoms with Crippen LogP contribution in [-0.2, 0) is 10.2 Å². The topological polar surface area (TPSA) is 52.7 Å². The van der Waals surface area contributed by atoms with Crippen molar-refractivity contribution < 1.29 is 8.42 Å². The molecule has 18 heavy (non-hydrogen) atoms. The van der Waals surface area contributed by atoms with Gasteiger partial charge in [0.25, 0.3) is 10.2 Å². The highest BCUT2D eigenvalue weighted by Gasteiger charge is 2.45. The van der Waals surface area contributed by atoms with Gasteiger partial charge in [-0.2, -0.15) is 17.0 Å². The fraction of sp³-hybridized carbons (Fsp3) is 1.00. The summed E-state index contributed by atoms with van der Waals surface area (Å²) in [4.78, 5) is 0. The maximum atomic E-state index is 12.4. The van der Waals surface area contributed by atoms with E-state index in [2.05, 4.69) is 5.32 Å². The standard InChI is InChI=1S/C11H23N3O2S.ClH/c1-3-13(4-2)17(15,16)14-8-6-11(10-14)5-7-12-9-11;/h12H,3-10H2,1-2H3;1H. The van der Waals surface area contributed by atoms with E-state index in [1.165, 1.54) is 0 Å². The third-order valence-electron chi connectivity index (χ3n) is 4.09. The fourth-order valence-corrected chi connectivity index (χ4v) is 4.69. The van der Waals surface area contributed by atoms with E-state index in [1.807, 2.05) is 13.8 Å². The van der Waals surface area contributed by atoms with Crippen LogP contribution in [0.5, 0.6) is 0 Å². The maximum Gasteiger partial charge on any atom is 0.281 e. The van der Waals surface area contributed by atoms with Crippen molar-refractivity contribution in [2.75, 3.05) is 39.3 Å². The lowest BCUT2D eigenvalue weighted by Crippen LogP contribution is -2.43. The van der Waals surface area contributed by atoms with Gasteiger partial charge >= 0.3 is 0 Å². The molecule has 2 aliphatic heterocycles. The average molecular weight is 298 g/mol. The Bertz CT molecular complexity index is 364. The highest BCUT2D eigenvalue weighted by molar-refractivity contribution is 7.86. The van der Waals surface area contributed by atoms with E-state index in [4.69, 9.17) is 0 Å². The maximum absolute atomic E-state index is 12.4. The van der Waals surface area contributed by atoms with Gasteiger partial charge in [0.05, 0.1) is 0 Å². The molecule has 0 amide bonds. The third-order valence-corrected chi connectivity index (χ3v) is 6.23. The highest BCUT2D eigenvalue weighted by atomic mass is 35.5. The molecule has 5 nitrogen and oxygen atoms in total. The van der Waals surface area contributed by atoms with Gasteiger partial charge in [-0.25, -0.2) is 0 Å². The summed E-state index contributed by atoms with van der Waals surface area (Å²) >= 11 is 0. The molecule has 2 rings (SSSR count). The van der Waals surface area contributed by atoms with Crippen LogP contribution >= 0.6 is 12.4 Å². The second-order valence-corrected chi connectivity index (χ2v) is 7.03. The molecule has 108 valence electrons. The molecule has 0 aliphatic carbocycles. The van der Waals surface area contributed by atoms with Crippen LogP contribution in [0.3, 0.4) is 0 Å². The first-order chi connectivity index (χ1) is 8.04. The Morgan fingerprint density at radius 2 is 1.94 bits per heavy atom. The van der Waals surface area contributed by atoms with Gasteiger partial charge in [0.2, 0.25) is 0 Å². The second-order valence-electron chi connectivity index (χ2n) is 5.10. The zero-order valence-electron chi connectivity index (χ0n) is 11.2. The Balaban J connectivity index is 0.00000162. The van der Waals surface area contributed by atoms with Crippen molar-refractivity contribution in [3.63, 3.8) is 0 Å². The van der Waals surface area contributed by atoms with E-state index < -0.39 is 10.2 Å². The molecule has 2 aliphatic rings. The molecule has 2 saturated heterocycles. The van der Waals surface area contributed by atoms with Crippen molar-refractivity contribution in [2.24, 2.45) is 5.41 Å². The van der Waals surface area contributed by atoms with Gasteiger partial charge in [-0.05, 0) is 24.8 Å². The smallest absolute Gasteiger partial charge is 0.281 e. The Hall–Kier alpha value is 0.120. The predicted octanol–water partition coefficient (Wildman–Crippen LogP) is 0.680. The quantitative estimate of drug-likeness (QED) is 0.830. The second kappa shape index (κ2) is 6.05. The summed E-state index contributed by atoms with van der Waals surface area (Å²) < 4.78 is 28.0. The van der Waals surface area contributed by atoms with Crippen LogP contribution in [0.25, 0.3) is 0 Å². The molecular weight excluding hydrogens is 274 g/mol. The summed E-state index contributed by atoms with van der Waals surface area (Å²) in [5, 5.41) is 3.35. The van der Waals surface area contributed by atoms with E-state index in [9.17, 15) is 8.42 Å². The monoisotopic (exact) mass is 297 g/mol. The number of hydrogen-bond donors (Lipinski definition) is 1. The minimum absolute atomic E-state index is 0. The van der Waals surface area contributed by atoms with E-state index >= 15 is 0 Å². The van der Waals surface area contributed by atoms with Gasteiger partial charge in [0.1, 0.15) is 0 Å². The molecule has 2 heterocycles. The van der Waals surface area contributed by atoms with Crippen molar-refractivity contribution in [3.8, 4) is 0 Å². The molecule has 0 bridgehead atoms. The van der Waals surface area contributed by atoms with Gasteiger partial charge in [-0.1, -0.05) is 13.8 Å². The van der Waals surface area contributed by atoms with E-state index in [-0.39, 0.29) is 17.8 Å². The summed E-state index contributed by atoms with van der Waals surface area (Å²) in [6, 6.07) is 0. The molecular formula is C11H24ClN3O2S. The minimum Gasteiger partial charge on any atom is -0.316 e. The van der Waals surface area contributed by atoms with Crippen molar-refractivity contribution >= 4 is 22.6 Å². The molecule has 2 fully saturated rings. The van der Waals surface area contributed by atoms with Crippen LogP contribution in [0.1, 0.15) is 26.7 Å². The largest absolute Gasteiger partial charge is 0.316 e. The van der Waals surface area contributed by atoms with Crippen LogP contribution in [0, 0.1) is 5.41 Å². The van der Waals surface area contributed by atoms with Crippen LogP contribution in [0.2, 0.25) is 0 Å². The molecule has 0 aromatic heterocycles. The fourth-order valence-electron chi connectivity index (χ4n) is 2.95. The zero-order chi connectivity index (χ0) is 12.5. The van der Waals surface area contributed by atoms with Gasteiger partial charge in [0, 0.05) is 32.7 Å². The number of hydrogen-bond acceptors (Lipinski definition) is 3. The normalized spacial score (nSPS) is 29.1. The first-order valence-electron chi connectivity index (χ1n) is 6.50. The van der Waals surface area contributed by atoms with Gasteiger partial charge in [-0.3, -0.25) is 0 Å². The summed E-state index contributed by atoms with van der Waals surface area (Å²) in [5.74, 6) is 0. The Morgan fingerprint density at radius 1 is 1.28 bits per heavy atom. The molecule has 0 aromatic rings. The van der Waals surface area contributed by atoms with Crippen molar-refractivity contribution in [3.05, 3.63) is 0 Å². The molecule has 1 N–H and O–H groups in total. The number of nitrogens with one attached hydrogen (secondary N) is 1. The summed E-state index contributed by atoms with van der Waals surface area (Å²) in [6.45, 7) is 8.27. The van der Waals surface area contributed by atoms with Gasteiger partial charge in [0.15, 0.2) is 0 Å². The Morgan fingerprint density at radius 3 is 2.44 bits per heavy atom. The first-order valence-corrected chi connectivity index (χ1v) is 7.90. The van der Waals surface area contributed by atoms with Crippen LogP contribution < -0.4 is 5.32 Å². The molecule has 1 unspecified atom stereocenters. The van der Waals surface area contributed by atoms with E-state index in [1.54, 1.807) is 8.61 Å². The molecule has 1 spiro atoms. The van der Waals surface area contributed by atoms with E-state index in [0.717, 1.165) is 25.9 Å². The molecule has 0 radical (unpaired) electrons. The molecule has 0 saturated carbocycles. The minimum atomic E-state index is -3.23. The Kier molecular flexibility index (Phi) is 5.44. The lowest BCUT2D eigenvalue weighted by atomic mass is 9.87. The highest BCUT2D eigenvalue weighted by Crippen LogP contribution is 2.37.